The number of hydrogen-bond donors (Lipinski definition) is 0. The first-order valence-corrected chi connectivity index (χ1v) is 4.66. The summed E-state index contributed by atoms with van der Waals surface area (Å²) in [5.74, 6) is -0.219. The standard InChI is InChI=1S/C11H14ClF/c1-7-5-8(11(2,3)4)10(13)6-9(7)12/h5-6H,1-4H3. The number of aryl methyl sites for hydroxylation is 1. The summed E-state index contributed by atoms with van der Waals surface area (Å²) in [4.78, 5) is 0. The van der Waals surface area contributed by atoms with Crippen LogP contribution in [-0.4, -0.2) is 0 Å². The van der Waals surface area contributed by atoms with Crippen LogP contribution in [0.15, 0.2) is 12.1 Å². The lowest BCUT2D eigenvalue weighted by molar-refractivity contribution is 0.522. The average Bonchev–Trinajstić information content (AvgIpc) is 1.94. The molecule has 0 fully saturated rings. The van der Waals surface area contributed by atoms with Crippen molar-refractivity contribution in [3.05, 3.63) is 34.1 Å². The summed E-state index contributed by atoms with van der Waals surface area (Å²) < 4.78 is 13.4. The second-order valence-electron chi connectivity index (χ2n) is 4.33. The van der Waals surface area contributed by atoms with Crippen molar-refractivity contribution in [3.8, 4) is 0 Å². The first-order chi connectivity index (χ1) is 5.82. The summed E-state index contributed by atoms with van der Waals surface area (Å²) in [5, 5.41) is 0.491. The van der Waals surface area contributed by atoms with Crippen molar-refractivity contribution in [2.24, 2.45) is 0 Å². The smallest absolute Gasteiger partial charge is 0.128 e. The Balaban J connectivity index is 3.32. The number of benzene rings is 1. The van der Waals surface area contributed by atoms with Crippen molar-refractivity contribution in [3.63, 3.8) is 0 Å². The minimum absolute atomic E-state index is 0.167. The van der Waals surface area contributed by atoms with Gasteiger partial charge in [0.25, 0.3) is 0 Å². The van der Waals surface area contributed by atoms with Crippen molar-refractivity contribution in [1.82, 2.24) is 0 Å². The largest absolute Gasteiger partial charge is 0.207 e. The van der Waals surface area contributed by atoms with Crippen LogP contribution >= 0.6 is 11.6 Å². The molecular formula is C11H14ClF. The molecule has 0 aliphatic carbocycles. The Bertz CT molecular complexity index is 324. The highest BCUT2D eigenvalue weighted by molar-refractivity contribution is 6.31. The molecule has 13 heavy (non-hydrogen) atoms. The molecule has 0 spiro atoms. The van der Waals surface area contributed by atoms with E-state index in [1.165, 1.54) is 6.07 Å². The van der Waals surface area contributed by atoms with E-state index in [0.717, 1.165) is 11.1 Å². The molecule has 0 aliphatic heterocycles. The second kappa shape index (κ2) is 3.30. The third-order valence-electron chi connectivity index (χ3n) is 2.06. The molecule has 0 nitrogen and oxygen atoms in total. The SMILES string of the molecule is Cc1cc(C(C)(C)C)c(F)cc1Cl. The average molecular weight is 201 g/mol. The van der Waals surface area contributed by atoms with Crippen molar-refractivity contribution < 1.29 is 4.39 Å². The molecule has 0 N–H and O–H groups in total. The molecule has 1 rings (SSSR count). The third kappa shape index (κ3) is 2.22. The van der Waals surface area contributed by atoms with E-state index in [9.17, 15) is 4.39 Å². The summed E-state index contributed by atoms with van der Waals surface area (Å²) >= 11 is 5.80. The van der Waals surface area contributed by atoms with Crippen molar-refractivity contribution in [1.29, 1.82) is 0 Å². The Kier molecular flexibility index (Phi) is 2.67. The number of rotatable bonds is 0. The molecule has 0 radical (unpaired) electrons. The van der Waals surface area contributed by atoms with Gasteiger partial charge in [-0.15, -0.1) is 0 Å². The van der Waals surface area contributed by atoms with Gasteiger partial charge in [0.15, 0.2) is 0 Å². The zero-order valence-corrected chi connectivity index (χ0v) is 9.17. The van der Waals surface area contributed by atoms with Gasteiger partial charge in [0.1, 0.15) is 5.82 Å². The maximum absolute atomic E-state index is 13.4. The van der Waals surface area contributed by atoms with Crippen molar-refractivity contribution >= 4 is 11.6 Å². The van der Waals surface area contributed by atoms with Crippen LogP contribution in [-0.2, 0) is 5.41 Å². The highest BCUT2D eigenvalue weighted by atomic mass is 35.5. The molecule has 0 heterocycles. The van der Waals surface area contributed by atoms with Gasteiger partial charge in [-0.05, 0) is 29.5 Å². The molecule has 0 unspecified atom stereocenters. The van der Waals surface area contributed by atoms with Gasteiger partial charge in [-0.25, -0.2) is 4.39 Å². The Morgan fingerprint density at radius 1 is 1.23 bits per heavy atom. The monoisotopic (exact) mass is 200 g/mol. The van der Waals surface area contributed by atoms with E-state index in [0.29, 0.717) is 5.02 Å². The molecule has 72 valence electrons. The fourth-order valence-corrected chi connectivity index (χ4v) is 1.38. The summed E-state index contributed by atoms with van der Waals surface area (Å²) in [5.41, 5.74) is 1.47. The van der Waals surface area contributed by atoms with Gasteiger partial charge in [-0.2, -0.15) is 0 Å². The maximum atomic E-state index is 13.4. The second-order valence-corrected chi connectivity index (χ2v) is 4.74. The maximum Gasteiger partial charge on any atom is 0.128 e. The predicted molar refractivity (Wildman–Crippen MR) is 54.8 cm³/mol. The summed E-state index contributed by atoms with van der Waals surface area (Å²) in [7, 11) is 0. The van der Waals surface area contributed by atoms with E-state index in [1.54, 1.807) is 0 Å². The van der Waals surface area contributed by atoms with Crippen molar-refractivity contribution in [2.75, 3.05) is 0 Å². The molecule has 0 atom stereocenters. The van der Waals surface area contributed by atoms with E-state index in [1.807, 2.05) is 33.8 Å². The Hall–Kier alpha value is -0.560. The topological polar surface area (TPSA) is 0 Å². The molecule has 2 heteroatoms. The first-order valence-electron chi connectivity index (χ1n) is 4.28. The van der Waals surface area contributed by atoms with E-state index in [2.05, 4.69) is 0 Å². The summed E-state index contributed by atoms with van der Waals surface area (Å²) in [6.07, 6.45) is 0. The van der Waals surface area contributed by atoms with Crippen LogP contribution in [0.3, 0.4) is 0 Å². The zero-order chi connectivity index (χ0) is 10.2. The van der Waals surface area contributed by atoms with Crippen LogP contribution in [0.5, 0.6) is 0 Å². The van der Waals surface area contributed by atoms with E-state index in [-0.39, 0.29) is 11.2 Å². The van der Waals surface area contributed by atoms with Crippen LogP contribution < -0.4 is 0 Å². The zero-order valence-electron chi connectivity index (χ0n) is 8.41. The quantitative estimate of drug-likeness (QED) is 0.592. The molecule has 0 aromatic heterocycles. The highest BCUT2D eigenvalue weighted by Gasteiger charge is 2.19. The van der Waals surface area contributed by atoms with Crippen LogP contribution in [0.4, 0.5) is 4.39 Å². The van der Waals surface area contributed by atoms with E-state index >= 15 is 0 Å². The lowest BCUT2D eigenvalue weighted by Gasteiger charge is -2.20. The van der Waals surface area contributed by atoms with Gasteiger partial charge in [0.05, 0.1) is 0 Å². The Morgan fingerprint density at radius 2 is 1.77 bits per heavy atom. The molecule has 0 aliphatic rings. The molecular weight excluding hydrogens is 187 g/mol. The molecule has 0 bridgehead atoms. The molecule has 0 amide bonds. The van der Waals surface area contributed by atoms with E-state index in [4.69, 9.17) is 11.6 Å². The van der Waals surface area contributed by atoms with Crippen molar-refractivity contribution in [2.45, 2.75) is 33.1 Å². The van der Waals surface area contributed by atoms with Crippen LogP contribution in [0.2, 0.25) is 5.02 Å². The van der Waals surface area contributed by atoms with E-state index < -0.39 is 0 Å². The molecule has 0 saturated heterocycles. The molecule has 1 aromatic carbocycles. The van der Waals surface area contributed by atoms with Crippen LogP contribution in [0.1, 0.15) is 31.9 Å². The molecule has 1 aromatic rings. The van der Waals surface area contributed by atoms with Gasteiger partial charge in [-0.3, -0.25) is 0 Å². The lowest BCUT2D eigenvalue weighted by atomic mass is 9.86. The van der Waals surface area contributed by atoms with Gasteiger partial charge in [-0.1, -0.05) is 38.4 Å². The number of halogens is 2. The lowest BCUT2D eigenvalue weighted by Crippen LogP contribution is -2.13. The number of hydrogen-bond acceptors (Lipinski definition) is 0. The van der Waals surface area contributed by atoms with Gasteiger partial charge < -0.3 is 0 Å². The van der Waals surface area contributed by atoms with Crippen LogP contribution in [0.25, 0.3) is 0 Å². The van der Waals surface area contributed by atoms with Gasteiger partial charge >= 0.3 is 0 Å². The fraction of sp³-hybridized carbons (Fsp3) is 0.455. The minimum atomic E-state index is -0.219. The van der Waals surface area contributed by atoms with Gasteiger partial charge in [0.2, 0.25) is 0 Å². The fourth-order valence-electron chi connectivity index (χ4n) is 1.23. The third-order valence-corrected chi connectivity index (χ3v) is 2.46. The minimum Gasteiger partial charge on any atom is -0.207 e. The molecule has 0 saturated carbocycles. The van der Waals surface area contributed by atoms with Crippen LogP contribution in [0, 0.1) is 12.7 Å². The summed E-state index contributed by atoms with van der Waals surface area (Å²) in [6.45, 7) is 7.84. The predicted octanol–water partition coefficient (Wildman–Crippen LogP) is 4.09. The first kappa shape index (κ1) is 10.5. The normalized spacial score (nSPS) is 11.8. The Labute approximate surface area is 83.7 Å². The Morgan fingerprint density at radius 3 is 2.23 bits per heavy atom. The summed E-state index contributed by atoms with van der Waals surface area (Å²) in [6, 6.07) is 3.20. The highest BCUT2D eigenvalue weighted by Crippen LogP contribution is 2.29. The van der Waals surface area contributed by atoms with Gasteiger partial charge in [0, 0.05) is 5.02 Å².